The Bertz CT molecular complexity index is 1660. The molecule has 0 fully saturated rings. The molecule has 1 atom stereocenters. The number of carbonyl (C=O) groups excluding carboxylic acids is 2. The number of carboxylic acids is 1. The van der Waals surface area contributed by atoms with Gasteiger partial charge in [0.2, 0.25) is 5.91 Å². The molecule has 0 aliphatic carbocycles. The van der Waals surface area contributed by atoms with E-state index in [2.05, 4.69) is 10.3 Å². The lowest BCUT2D eigenvalue weighted by Crippen LogP contribution is -2.49. The standard InChI is InChI=1S/C27H24N2O6/c1-14-13-34-23-11-24-20(10-19(14)23)15(2)17(27(33)35-24)7-8-25(30)29-22(26(31)32)9-16-12-28-21-6-4-3-5-18(16)21/h3-6,10-13,22,28H,7-9H2,1-2H3,(H,29,30)(H,31,32)/p-1/t22-/m0/s1. The Morgan fingerprint density at radius 3 is 2.69 bits per heavy atom. The van der Waals surface area contributed by atoms with Crippen molar-refractivity contribution in [3.05, 3.63) is 81.5 Å². The predicted octanol–water partition coefficient (Wildman–Crippen LogP) is 3.05. The lowest BCUT2D eigenvalue weighted by Gasteiger charge is -2.19. The molecular formula is C27H23N2O6-. The fourth-order valence-corrected chi connectivity index (χ4v) is 4.55. The van der Waals surface area contributed by atoms with Crippen molar-refractivity contribution in [2.24, 2.45) is 0 Å². The van der Waals surface area contributed by atoms with Crippen LogP contribution in [0, 0.1) is 13.8 Å². The predicted molar refractivity (Wildman–Crippen MR) is 129 cm³/mol. The molecule has 2 aromatic carbocycles. The van der Waals surface area contributed by atoms with Crippen LogP contribution in [0.3, 0.4) is 0 Å². The summed E-state index contributed by atoms with van der Waals surface area (Å²) in [6, 6.07) is 9.93. The molecule has 8 nitrogen and oxygen atoms in total. The maximum atomic E-state index is 12.6. The summed E-state index contributed by atoms with van der Waals surface area (Å²) in [5.74, 6) is -1.86. The number of hydrogen-bond acceptors (Lipinski definition) is 6. The van der Waals surface area contributed by atoms with Gasteiger partial charge in [0.25, 0.3) is 0 Å². The third kappa shape index (κ3) is 4.19. The van der Waals surface area contributed by atoms with Gasteiger partial charge in [0.05, 0.1) is 18.3 Å². The molecule has 2 N–H and O–H groups in total. The number of furan rings is 1. The van der Waals surface area contributed by atoms with Crippen LogP contribution in [0.25, 0.3) is 32.8 Å². The van der Waals surface area contributed by atoms with Gasteiger partial charge in [-0.3, -0.25) is 4.79 Å². The molecular weight excluding hydrogens is 448 g/mol. The fraction of sp³-hybridized carbons (Fsp3) is 0.222. The first kappa shape index (κ1) is 22.5. The van der Waals surface area contributed by atoms with Gasteiger partial charge in [-0.1, -0.05) is 18.2 Å². The highest BCUT2D eigenvalue weighted by molar-refractivity contribution is 5.96. The number of carbonyl (C=O) groups is 2. The Labute approximate surface area is 199 Å². The Morgan fingerprint density at radius 1 is 1.09 bits per heavy atom. The van der Waals surface area contributed by atoms with Crippen molar-refractivity contribution in [2.75, 3.05) is 0 Å². The second kappa shape index (κ2) is 8.79. The minimum absolute atomic E-state index is 0.0677. The molecule has 3 aromatic heterocycles. The Morgan fingerprint density at radius 2 is 1.89 bits per heavy atom. The van der Waals surface area contributed by atoms with Crippen LogP contribution in [0.5, 0.6) is 0 Å². The molecule has 8 heteroatoms. The summed E-state index contributed by atoms with van der Waals surface area (Å²) in [6.45, 7) is 3.75. The minimum atomic E-state index is -1.37. The summed E-state index contributed by atoms with van der Waals surface area (Å²) in [6.07, 6.45) is 3.50. The molecule has 35 heavy (non-hydrogen) atoms. The lowest BCUT2D eigenvalue weighted by molar-refractivity contribution is -0.308. The number of rotatable bonds is 7. The topological polar surface area (TPSA) is 128 Å². The number of benzene rings is 2. The van der Waals surface area contributed by atoms with E-state index in [0.717, 1.165) is 38.4 Å². The second-order valence-electron chi connectivity index (χ2n) is 8.76. The van der Waals surface area contributed by atoms with Crippen LogP contribution in [0.4, 0.5) is 0 Å². The quantitative estimate of drug-likeness (QED) is 0.351. The van der Waals surface area contributed by atoms with E-state index >= 15 is 0 Å². The molecule has 5 aromatic rings. The molecule has 0 aliphatic rings. The zero-order chi connectivity index (χ0) is 24.7. The zero-order valence-electron chi connectivity index (χ0n) is 19.3. The number of carboxylic acid groups (broad SMARTS) is 1. The highest BCUT2D eigenvalue weighted by Gasteiger charge is 2.19. The number of aliphatic carboxylic acids is 1. The largest absolute Gasteiger partial charge is 0.548 e. The van der Waals surface area contributed by atoms with Crippen molar-refractivity contribution in [2.45, 2.75) is 39.2 Å². The second-order valence-corrected chi connectivity index (χ2v) is 8.76. The molecule has 0 bridgehead atoms. The number of nitrogens with one attached hydrogen (secondary N) is 2. The van der Waals surface area contributed by atoms with Crippen LogP contribution in [0.1, 0.15) is 28.7 Å². The van der Waals surface area contributed by atoms with E-state index in [1.165, 1.54) is 0 Å². The fourth-order valence-electron chi connectivity index (χ4n) is 4.55. The number of para-hydroxylation sites is 1. The number of fused-ring (bicyclic) bond motifs is 3. The van der Waals surface area contributed by atoms with Crippen LogP contribution in [0.2, 0.25) is 0 Å². The molecule has 0 radical (unpaired) electrons. The van der Waals surface area contributed by atoms with E-state index in [1.54, 1.807) is 18.5 Å². The molecule has 3 heterocycles. The van der Waals surface area contributed by atoms with Crippen molar-refractivity contribution >= 4 is 44.7 Å². The maximum Gasteiger partial charge on any atom is 0.339 e. The van der Waals surface area contributed by atoms with Gasteiger partial charge < -0.3 is 29.0 Å². The molecule has 1 amide bonds. The van der Waals surface area contributed by atoms with Gasteiger partial charge in [-0.15, -0.1) is 0 Å². The van der Waals surface area contributed by atoms with Crippen LogP contribution >= 0.6 is 0 Å². The van der Waals surface area contributed by atoms with Gasteiger partial charge in [0.1, 0.15) is 11.2 Å². The normalized spacial score (nSPS) is 12.4. The molecule has 178 valence electrons. The minimum Gasteiger partial charge on any atom is -0.548 e. The average molecular weight is 471 g/mol. The molecule has 0 unspecified atom stereocenters. The van der Waals surface area contributed by atoms with E-state index in [1.807, 2.05) is 44.2 Å². The van der Waals surface area contributed by atoms with Crippen LogP contribution in [0.15, 0.2) is 62.5 Å². The van der Waals surface area contributed by atoms with Gasteiger partial charge in [0, 0.05) is 52.3 Å². The van der Waals surface area contributed by atoms with Crippen LogP contribution in [-0.2, 0) is 22.4 Å². The number of hydrogen-bond donors (Lipinski definition) is 2. The third-order valence-electron chi connectivity index (χ3n) is 6.50. The van der Waals surface area contributed by atoms with Gasteiger partial charge >= 0.3 is 5.63 Å². The number of aromatic nitrogens is 1. The Hall–Kier alpha value is -4.33. The molecule has 0 aliphatic heterocycles. The molecule has 0 spiro atoms. The summed E-state index contributed by atoms with van der Waals surface area (Å²) in [4.78, 5) is 40.1. The number of aryl methyl sites for hydroxylation is 2. The van der Waals surface area contributed by atoms with Crippen molar-refractivity contribution in [3.63, 3.8) is 0 Å². The van der Waals surface area contributed by atoms with Crippen LogP contribution < -0.4 is 16.0 Å². The smallest absolute Gasteiger partial charge is 0.339 e. The SMILES string of the molecule is Cc1coc2cc3oc(=O)c(CCC(=O)N[C@@H](Cc4c[nH]c5ccccc45)C(=O)[O-])c(C)c3cc12. The number of H-pyrrole nitrogens is 1. The highest BCUT2D eigenvalue weighted by Crippen LogP contribution is 2.29. The first-order chi connectivity index (χ1) is 16.8. The lowest BCUT2D eigenvalue weighted by atomic mass is 10.00. The summed E-state index contributed by atoms with van der Waals surface area (Å²) in [7, 11) is 0. The van der Waals surface area contributed by atoms with E-state index < -0.39 is 23.5 Å². The Kier molecular flexibility index (Phi) is 5.64. The first-order valence-corrected chi connectivity index (χ1v) is 11.3. The number of aromatic amines is 1. The molecule has 0 saturated heterocycles. The summed E-state index contributed by atoms with van der Waals surface area (Å²) < 4.78 is 11.0. The average Bonchev–Trinajstić information content (AvgIpc) is 3.40. The van der Waals surface area contributed by atoms with E-state index in [9.17, 15) is 19.5 Å². The molecule has 5 rings (SSSR count). The summed E-state index contributed by atoms with van der Waals surface area (Å²) >= 11 is 0. The van der Waals surface area contributed by atoms with E-state index in [4.69, 9.17) is 8.83 Å². The van der Waals surface area contributed by atoms with Crippen molar-refractivity contribution in [3.8, 4) is 0 Å². The van der Waals surface area contributed by atoms with Crippen molar-refractivity contribution in [1.29, 1.82) is 0 Å². The summed E-state index contributed by atoms with van der Waals surface area (Å²) in [5.41, 5.74) is 4.25. The zero-order valence-corrected chi connectivity index (χ0v) is 19.3. The highest BCUT2D eigenvalue weighted by atomic mass is 16.4. The van der Waals surface area contributed by atoms with Gasteiger partial charge in [0.15, 0.2) is 0 Å². The Balaban J connectivity index is 1.33. The first-order valence-electron chi connectivity index (χ1n) is 11.3. The van der Waals surface area contributed by atoms with E-state index in [-0.39, 0.29) is 19.3 Å². The van der Waals surface area contributed by atoms with Gasteiger partial charge in [-0.2, -0.15) is 0 Å². The van der Waals surface area contributed by atoms with Crippen molar-refractivity contribution in [1.82, 2.24) is 10.3 Å². The van der Waals surface area contributed by atoms with E-state index in [0.29, 0.717) is 16.7 Å². The van der Waals surface area contributed by atoms with Gasteiger partial charge in [-0.05, 0) is 49.1 Å². The summed E-state index contributed by atoms with van der Waals surface area (Å²) in [5, 5.41) is 16.8. The number of amides is 1. The van der Waals surface area contributed by atoms with Crippen LogP contribution in [-0.4, -0.2) is 22.9 Å². The third-order valence-corrected chi connectivity index (χ3v) is 6.50. The van der Waals surface area contributed by atoms with Crippen molar-refractivity contribution < 1.29 is 23.5 Å². The van der Waals surface area contributed by atoms with Gasteiger partial charge in [-0.25, -0.2) is 4.79 Å². The monoisotopic (exact) mass is 471 g/mol. The molecule has 0 saturated carbocycles. The maximum absolute atomic E-state index is 12.6.